The van der Waals surface area contributed by atoms with Crippen LogP contribution < -0.4 is 5.32 Å². The van der Waals surface area contributed by atoms with E-state index >= 15 is 0 Å². The van der Waals surface area contributed by atoms with Gasteiger partial charge in [-0.05, 0) is 57.4 Å². The van der Waals surface area contributed by atoms with Crippen molar-refractivity contribution < 1.29 is 4.79 Å². The van der Waals surface area contributed by atoms with Crippen LogP contribution in [0.25, 0.3) is 0 Å². The van der Waals surface area contributed by atoms with Gasteiger partial charge in [0.25, 0.3) is 0 Å². The third-order valence-electron chi connectivity index (χ3n) is 5.32. The van der Waals surface area contributed by atoms with Crippen molar-refractivity contribution in [2.75, 3.05) is 39.3 Å². The van der Waals surface area contributed by atoms with E-state index in [0.717, 1.165) is 32.7 Å². The molecule has 3 rings (SSSR count). The van der Waals surface area contributed by atoms with Crippen LogP contribution in [-0.2, 0) is 4.79 Å². The summed E-state index contributed by atoms with van der Waals surface area (Å²) in [7, 11) is 0. The van der Waals surface area contributed by atoms with Crippen molar-refractivity contribution in [2.45, 2.75) is 44.6 Å². The third kappa shape index (κ3) is 5.05. The molecule has 1 N–H and O–H groups in total. The van der Waals surface area contributed by atoms with Gasteiger partial charge < -0.3 is 5.32 Å². The molecule has 0 bridgehead atoms. The van der Waals surface area contributed by atoms with Crippen LogP contribution in [0.3, 0.4) is 0 Å². The van der Waals surface area contributed by atoms with Gasteiger partial charge in [0.15, 0.2) is 0 Å². The molecule has 0 radical (unpaired) electrons. The first-order valence-electron chi connectivity index (χ1n) is 9.61. The lowest BCUT2D eigenvalue weighted by atomic mass is 10.0. The van der Waals surface area contributed by atoms with E-state index in [2.05, 4.69) is 45.4 Å². The Bertz CT molecular complexity index is 491. The molecule has 2 fully saturated rings. The van der Waals surface area contributed by atoms with Gasteiger partial charge in [-0.3, -0.25) is 14.6 Å². The summed E-state index contributed by atoms with van der Waals surface area (Å²) < 4.78 is 0. The zero-order valence-corrected chi connectivity index (χ0v) is 14.8. The maximum Gasteiger partial charge on any atom is 0.234 e. The fourth-order valence-corrected chi connectivity index (χ4v) is 3.95. The first kappa shape index (κ1) is 17.4. The smallest absolute Gasteiger partial charge is 0.234 e. The fourth-order valence-electron chi connectivity index (χ4n) is 3.95. The molecule has 1 atom stereocenters. The number of amides is 1. The summed E-state index contributed by atoms with van der Waals surface area (Å²) in [5, 5.41) is 3.20. The molecule has 0 spiro atoms. The highest BCUT2D eigenvalue weighted by molar-refractivity contribution is 5.78. The van der Waals surface area contributed by atoms with Gasteiger partial charge in [0.2, 0.25) is 5.91 Å². The normalized spacial score (nSPS) is 21.3. The van der Waals surface area contributed by atoms with Crippen molar-refractivity contribution in [1.29, 1.82) is 0 Å². The molecule has 132 valence electrons. The number of carbonyl (C=O) groups is 1. The highest BCUT2D eigenvalue weighted by Gasteiger charge is 2.22. The number of nitrogens with one attached hydrogen (secondary N) is 1. The molecular formula is C20H31N3O. The average molecular weight is 329 g/mol. The number of benzene rings is 1. The first-order valence-corrected chi connectivity index (χ1v) is 9.61. The minimum Gasteiger partial charge on any atom is -0.353 e. The quantitative estimate of drug-likeness (QED) is 0.872. The van der Waals surface area contributed by atoms with Crippen LogP contribution in [0.5, 0.6) is 0 Å². The number of hydrogen-bond donors (Lipinski definition) is 1. The molecular weight excluding hydrogens is 298 g/mol. The Kier molecular flexibility index (Phi) is 6.67. The van der Waals surface area contributed by atoms with E-state index < -0.39 is 0 Å². The standard InChI is InChI=1S/C20H31N3O/c24-20(17-22-12-8-9-13-22)21-16-19(18-10-4-3-5-11-18)23-14-6-1-2-7-15-23/h3-5,10-11,19H,1-2,6-9,12-17H2,(H,21,24)/t19-/m0/s1. The monoisotopic (exact) mass is 329 g/mol. The molecule has 1 amide bonds. The highest BCUT2D eigenvalue weighted by atomic mass is 16.2. The summed E-state index contributed by atoms with van der Waals surface area (Å²) in [4.78, 5) is 17.1. The van der Waals surface area contributed by atoms with E-state index in [1.165, 1.54) is 44.1 Å². The molecule has 0 aliphatic carbocycles. The average Bonchev–Trinajstić information content (AvgIpc) is 2.96. The van der Waals surface area contributed by atoms with Crippen LogP contribution in [0.2, 0.25) is 0 Å². The Hall–Kier alpha value is -1.39. The summed E-state index contributed by atoms with van der Waals surface area (Å²) in [6, 6.07) is 11.0. The first-order chi connectivity index (χ1) is 11.8. The Morgan fingerprint density at radius 2 is 1.54 bits per heavy atom. The Morgan fingerprint density at radius 3 is 2.21 bits per heavy atom. The van der Waals surface area contributed by atoms with E-state index in [0.29, 0.717) is 12.6 Å². The lowest BCUT2D eigenvalue weighted by molar-refractivity contribution is -0.122. The van der Waals surface area contributed by atoms with Gasteiger partial charge in [-0.1, -0.05) is 43.2 Å². The van der Waals surface area contributed by atoms with Crippen LogP contribution in [0.1, 0.15) is 50.1 Å². The van der Waals surface area contributed by atoms with E-state index in [9.17, 15) is 4.79 Å². The lowest BCUT2D eigenvalue weighted by Crippen LogP contribution is -2.42. The topological polar surface area (TPSA) is 35.6 Å². The van der Waals surface area contributed by atoms with E-state index in [4.69, 9.17) is 0 Å². The van der Waals surface area contributed by atoms with Crippen LogP contribution in [0.4, 0.5) is 0 Å². The molecule has 0 saturated carbocycles. The largest absolute Gasteiger partial charge is 0.353 e. The van der Waals surface area contributed by atoms with Crippen LogP contribution in [0.15, 0.2) is 30.3 Å². The number of likely N-dealkylation sites (tertiary alicyclic amines) is 2. The SMILES string of the molecule is O=C(CN1CCCC1)NC[C@@H](c1ccccc1)N1CCCCCC1. The van der Waals surface area contributed by atoms with Crippen molar-refractivity contribution in [3.05, 3.63) is 35.9 Å². The molecule has 0 aromatic heterocycles. The summed E-state index contributed by atoms with van der Waals surface area (Å²) in [6.07, 6.45) is 7.66. The Labute approximate surface area is 146 Å². The van der Waals surface area contributed by atoms with Crippen molar-refractivity contribution in [3.8, 4) is 0 Å². The minimum atomic E-state index is 0.174. The van der Waals surface area contributed by atoms with Gasteiger partial charge in [0.1, 0.15) is 0 Å². The predicted molar refractivity (Wildman–Crippen MR) is 97.9 cm³/mol. The molecule has 4 nitrogen and oxygen atoms in total. The molecule has 4 heteroatoms. The van der Waals surface area contributed by atoms with Gasteiger partial charge in [-0.25, -0.2) is 0 Å². The van der Waals surface area contributed by atoms with E-state index in [1.807, 2.05) is 0 Å². The second kappa shape index (κ2) is 9.19. The summed E-state index contributed by atoms with van der Waals surface area (Å²) >= 11 is 0. The third-order valence-corrected chi connectivity index (χ3v) is 5.32. The summed E-state index contributed by atoms with van der Waals surface area (Å²) in [5.41, 5.74) is 1.32. The van der Waals surface area contributed by atoms with E-state index in [1.54, 1.807) is 0 Å². The van der Waals surface area contributed by atoms with Crippen molar-refractivity contribution in [2.24, 2.45) is 0 Å². The Balaban J connectivity index is 1.60. The minimum absolute atomic E-state index is 0.174. The zero-order valence-electron chi connectivity index (χ0n) is 14.8. The fraction of sp³-hybridized carbons (Fsp3) is 0.650. The van der Waals surface area contributed by atoms with E-state index in [-0.39, 0.29) is 5.91 Å². The van der Waals surface area contributed by atoms with Gasteiger partial charge in [0, 0.05) is 6.54 Å². The molecule has 0 unspecified atom stereocenters. The zero-order chi connectivity index (χ0) is 16.6. The molecule has 24 heavy (non-hydrogen) atoms. The van der Waals surface area contributed by atoms with Crippen molar-refractivity contribution in [3.63, 3.8) is 0 Å². The molecule has 2 heterocycles. The number of carbonyl (C=O) groups excluding carboxylic acids is 1. The summed E-state index contributed by atoms with van der Waals surface area (Å²) in [5.74, 6) is 0.174. The van der Waals surface area contributed by atoms with Gasteiger partial charge in [-0.2, -0.15) is 0 Å². The molecule has 2 aliphatic rings. The van der Waals surface area contributed by atoms with Crippen LogP contribution in [0, 0.1) is 0 Å². The maximum atomic E-state index is 12.3. The van der Waals surface area contributed by atoms with Crippen LogP contribution in [-0.4, -0.2) is 55.0 Å². The van der Waals surface area contributed by atoms with Gasteiger partial charge >= 0.3 is 0 Å². The van der Waals surface area contributed by atoms with Crippen LogP contribution >= 0.6 is 0 Å². The van der Waals surface area contributed by atoms with Gasteiger partial charge in [-0.15, -0.1) is 0 Å². The molecule has 2 aliphatic heterocycles. The maximum absolute atomic E-state index is 12.3. The highest BCUT2D eigenvalue weighted by Crippen LogP contribution is 2.23. The Morgan fingerprint density at radius 1 is 0.917 bits per heavy atom. The van der Waals surface area contributed by atoms with Crippen molar-refractivity contribution >= 4 is 5.91 Å². The number of nitrogens with zero attached hydrogens (tertiary/aromatic N) is 2. The molecule has 1 aromatic rings. The lowest BCUT2D eigenvalue weighted by Gasteiger charge is -2.31. The summed E-state index contributed by atoms with van der Waals surface area (Å²) in [6.45, 7) is 5.70. The van der Waals surface area contributed by atoms with Crippen molar-refractivity contribution in [1.82, 2.24) is 15.1 Å². The predicted octanol–water partition coefficient (Wildman–Crippen LogP) is 2.82. The number of hydrogen-bond acceptors (Lipinski definition) is 3. The molecule has 2 saturated heterocycles. The second-order valence-electron chi connectivity index (χ2n) is 7.16. The second-order valence-corrected chi connectivity index (χ2v) is 7.16. The molecule has 1 aromatic carbocycles. The van der Waals surface area contributed by atoms with Gasteiger partial charge in [0.05, 0.1) is 12.6 Å². The number of rotatable bonds is 6.